The van der Waals surface area contributed by atoms with E-state index in [9.17, 15) is 4.79 Å². The molecule has 12 heavy (non-hydrogen) atoms. The maximum absolute atomic E-state index is 10.4. The zero-order chi connectivity index (χ0) is 8.55. The summed E-state index contributed by atoms with van der Waals surface area (Å²) in [6.45, 7) is 0. The van der Waals surface area contributed by atoms with E-state index in [0.717, 1.165) is 18.6 Å². The standard InChI is InChI=1S/C9H12N2O/c1-11-9(4-7-2-3-7)5-8(6-12)10-11/h5-7H,2-4H2,1H3. The lowest BCUT2D eigenvalue weighted by molar-refractivity contribution is 0.111. The van der Waals surface area contributed by atoms with Gasteiger partial charge >= 0.3 is 0 Å². The Morgan fingerprint density at radius 1 is 1.75 bits per heavy atom. The predicted molar refractivity (Wildman–Crippen MR) is 45.0 cm³/mol. The summed E-state index contributed by atoms with van der Waals surface area (Å²) in [7, 11) is 1.89. The summed E-state index contributed by atoms with van der Waals surface area (Å²) in [5.74, 6) is 0.847. The molecule has 0 atom stereocenters. The molecule has 2 rings (SSSR count). The van der Waals surface area contributed by atoms with E-state index in [1.54, 1.807) is 0 Å². The smallest absolute Gasteiger partial charge is 0.170 e. The molecule has 1 heterocycles. The van der Waals surface area contributed by atoms with Crippen LogP contribution in [0.2, 0.25) is 0 Å². The lowest BCUT2D eigenvalue weighted by Gasteiger charge is -1.97. The first-order valence-corrected chi connectivity index (χ1v) is 4.27. The van der Waals surface area contributed by atoms with Crippen LogP contribution in [0.5, 0.6) is 0 Å². The number of hydrogen-bond acceptors (Lipinski definition) is 2. The number of carbonyl (C=O) groups is 1. The van der Waals surface area contributed by atoms with E-state index in [2.05, 4.69) is 5.10 Å². The Kier molecular flexibility index (Phi) is 1.71. The van der Waals surface area contributed by atoms with Crippen molar-refractivity contribution in [2.45, 2.75) is 19.3 Å². The average molecular weight is 164 g/mol. The summed E-state index contributed by atoms with van der Waals surface area (Å²) in [6.07, 6.45) is 4.55. The maximum Gasteiger partial charge on any atom is 0.170 e. The number of hydrogen-bond donors (Lipinski definition) is 0. The van der Waals surface area contributed by atoms with Crippen LogP contribution in [0.15, 0.2) is 6.07 Å². The second-order valence-corrected chi connectivity index (χ2v) is 3.45. The van der Waals surface area contributed by atoms with Crippen molar-refractivity contribution < 1.29 is 4.79 Å². The van der Waals surface area contributed by atoms with Crippen LogP contribution in [0.3, 0.4) is 0 Å². The van der Waals surface area contributed by atoms with Gasteiger partial charge in [0.05, 0.1) is 0 Å². The third kappa shape index (κ3) is 1.40. The molecule has 0 saturated heterocycles. The van der Waals surface area contributed by atoms with Gasteiger partial charge in [-0.2, -0.15) is 5.10 Å². The number of aldehydes is 1. The van der Waals surface area contributed by atoms with Crippen molar-refractivity contribution in [2.75, 3.05) is 0 Å². The zero-order valence-electron chi connectivity index (χ0n) is 7.16. The summed E-state index contributed by atoms with van der Waals surface area (Å²) in [5, 5.41) is 4.06. The molecule has 1 aliphatic carbocycles. The van der Waals surface area contributed by atoms with Crippen molar-refractivity contribution in [1.82, 2.24) is 9.78 Å². The highest BCUT2D eigenvalue weighted by atomic mass is 16.1. The maximum atomic E-state index is 10.4. The minimum atomic E-state index is 0.549. The van der Waals surface area contributed by atoms with Crippen LogP contribution < -0.4 is 0 Å². The molecule has 3 heteroatoms. The molecule has 0 aliphatic heterocycles. The molecule has 0 spiro atoms. The molecule has 1 aromatic rings. The van der Waals surface area contributed by atoms with Gasteiger partial charge in [-0.25, -0.2) is 0 Å². The molecule has 1 aliphatic rings. The first kappa shape index (κ1) is 7.53. The van der Waals surface area contributed by atoms with Crippen LogP contribution in [0.1, 0.15) is 29.0 Å². The Morgan fingerprint density at radius 3 is 3.00 bits per heavy atom. The monoisotopic (exact) mass is 164 g/mol. The third-order valence-corrected chi connectivity index (χ3v) is 2.31. The molecule has 1 fully saturated rings. The second kappa shape index (κ2) is 2.73. The molecular formula is C9H12N2O. The first-order valence-electron chi connectivity index (χ1n) is 4.27. The largest absolute Gasteiger partial charge is 0.296 e. The fourth-order valence-electron chi connectivity index (χ4n) is 1.40. The average Bonchev–Trinajstić information content (AvgIpc) is 2.78. The Labute approximate surface area is 71.4 Å². The van der Waals surface area contributed by atoms with Gasteiger partial charge in [0.2, 0.25) is 0 Å². The van der Waals surface area contributed by atoms with Crippen LogP contribution in [0.4, 0.5) is 0 Å². The van der Waals surface area contributed by atoms with E-state index in [0.29, 0.717) is 5.69 Å². The molecule has 0 aromatic carbocycles. The van der Waals surface area contributed by atoms with Crippen LogP contribution in [0, 0.1) is 5.92 Å². The highest BCUT2D eigenvalue weighted by Crippen LogP contribution is 2.32. The number of rotatable bonds is 3. The predicted octanol–water partition coefficient (Wildman–Crippen LogP) is 1.19. The van der Waals surface area contributed by atoms with Gasteiger partial charge in [-0.1, -0.05) is 0 Å². The minimum absolute atomic E-state index is 0.549. The molecule has 0 unspecified atom stereocenters. The molecule has 0 bridgehead atoms. The molecule has 1 aromatic heterocycles. The number of carbonyl (C=O) groups excluding carboxylic acids is 1. The molecule has 3 nitrogen and oxygen atoms in total. The lowest BCUT2D eigenvalue weighted by Crippen LogP contribution is -1.98. The van der Waals surface area contributed by atoms with Gasteiger partial charge in [-0.05, 0) is 31.2 Å². The topological polar surface area (TPSA) is 34.9 Å². The summed E-state index contributed by atoms with van der Waals surface area (Å²) in [6, 6.07) is 1.88. The SMILES string of the molecule is Cn1nc(C=O)cc1CC1CC1. The normalized spacial score (nSPS) is 16.4. The van der Waals surface area contributed by atoms with E-state index in [1.807, 2.05) is 17.8 Å². The van der Waals surface area contributed by atoms with E-state index >= 15 is 0 Å². The van der Waals surface area contributed by atoms with Crippen LogP contribution in [0.25, 0.3) is 0 Å². The van der Waals surface area contributed by atoms with E-state index < -0.39 is 0 Å². The molecule has 0 radical (unpaired) electrons. The Hall–Kier alpha value is -1.12. The van der Waals surface area contributed by atoms with Gasteiger partial charge in [-0.3, -0.25) is 9.48 Å². The highest BCUT2D eigenvalue weighted by Gasteiger charge is 2.23. The van der Waals surface area contributed by atoms with Crippen LogP contribution in [-0.2, 0) is 13.5 Å². The van der Waals surface area contributed by atoms with Gasteiger partial charge in [-0.15, -0.1) is 0 Å². The Bertz CT molecular complexity index is 299. The van der Waals surface area contributed by atoms with E-state index in [1.165, 1.54) is 18.5 Å². The van der Waals surface area contributed by atoms with Crippen LogP contribution >= 0.6 is 0 Å². The third-order valence-electron chi connectivity index (χ3n) is 2.31. The quantitative estimate of drug-likeness (QED) is 0.629. The van der Waals surface area contributed by atoms with Gasteiger partial charge < -0.3 is 0 Å². The lowest BCUT2D eigenvalue weighted by atomic mass is 10.2. The van der Waals surface area contributed by atoms with Crippen molar-refractivity contribution in [1.29, 1.82) is 0 Å². The fraction of sp³-hybridized carbons (Fsp3) is 0.556. The van der Waals surface area contributed by atoms with Crippen molar-refractivity contribution >= 4 is 6.29 Å². The summed E-state index contributed by atoms with van der Waals surface area (Å²) in [4.78, 5) is 10.4. The van der Waals surface area contributed by atoms with E-state index in [-0.39, 0.29) is 0 Å². The van der Waals surface area contributed by atoms with Crippen molar-refractivity contribution in [3.8, 4) is 0 Å². The number of aryl methyl sites for hydroxylation is 1. The van der Waals surface area contributed by atoms with Gasteiger partial charge in [0.15, 0.2) is 6.29 Å². The summed E-state index contributed by atoms with van der Waals surface area (Å²) < 4.78 is 1.81. The Balaban J connectivity index is 2.17. The summed E-state index contributed by atoms with van der Waals surface area (Å²) >= 11 is 0. The molecular weight excluding hydrogens is 152 g/mol. The molecule has 64 valence electrons. The summed E-state index contributed by atoms with van der Waals surface area (Å²) in [5.41, 5.74) is 1.73. The van der Waals surface area contributed by atoms with Crippen molar-refractivity contribution in [2.24, 2.45) is 13.0 Å². The minimum Gasteiger partial charge on any atom is -0.296 e. The molecule has 0 N–H and O–H groups in total. The van der Waals surface area contributed by atoms with Gasteiger partial charge in [0, 0.05) is 12.7 Å². The van der Waals surface area contributed by atoms with E-state index in [4.69, 9.17) is 0 Å². The van der Waals surface area contributed by atoms with Crippen LogP contribution in [-0.4, -0.2) is 16.1 Å². The van der Waals surface area contributed by atoms with Gasteiger partial charge in [0.25, 0.3) is 0 Å². The zero-order valence-corrected chi connectivity index (χ0v) is 7.16. The van der Waals surface area contributed by atoms with Gasteiger partial charge in [0.1, 0.15) is 5.69 Å². The second-order valence-electron chi connectivity index (χ2n) is 3.45. The Morgan fingerprint density at radius 2 is 2.50 bits per heavy atom. The highest BCUT2D eigenvalue weighted by molar-refractivity contribution is 5.71. The number of aromatic nitrogens is 2. The fourth-order valence-corrected chi connectivity index (χ4v) is 1.40. The first-order chi connectivity index (χ1) is 5.79. The van der Waals surface area contributed by atoms with Crippen molar-refractivity contribution in [3.63, 3.8) is 0 Å². The van der Waals surface area contributed by atoms with Crippen molar-refractivity contribution in [3.05, 3.63) is 17.5 Å². The molecule has 1 saturated carbocycles. The molecule has 0 amide bonds. The number of nitrogens with zero attached hydrogens (tertiary/aromatic N) is 2.